The van der Waals surface area contributed by atoms with E-state index >= 15 is 0 Å². The summed E-state index contributed by atoms with van der Waals surface area (Å²) in [6.07, 6.45) is -1.38. The standard InChI is InChI=1S/C23H27F3N2O.ClH/c1-16(13-17-5-7-18(8-6-17)19-9-11-27-12-10-19)28-15-22(29)20-3-2-4-21(14-20)23(24,25)26;/h2-9,14,16,22,27-29H,10-13,15H2,1H3;1H. The Morgan fingerprint density at radius 3 is 2.50 bits per heavy atom. The molecule has 0 amide bonds. The molecule has 0 bridgehead atoms. The molecule has 3 rings (SSSR count). The lowest BCUT2D eigenvalue weighted by Gasteiger charge is -2.19. The zero-order valence-corrected chi connectivity index (χ0v) is 17.7. The van der Waals surface area contributed by atoms with Gasteiger partial charge < -0.3 is 15.7 Å². The van der Waals surface area contributed by atoms with Crippen LogP contribution in [0.15, 0.2) is 54.6 Å². The summed E-state index contributed by atoms with van der Waals surface area (Å²) >= 11 is 0. The Morgan fingerprint density at radius 2 is 1.87 bits per heavy atom. The summed E-state index contributed by atoms with van der Waals surface area (Å²) in [6, 6.07) is 13.4. The third kappa shape index (κ3) is 6.84. The molecule has 2 aromatic carbocycles. The third-order valence-corrected chi connectivity index (χ3v) is 5.19. The zero-order valence-electron chi connectivity index (χ0n) is 16.9. The molecule has 7 heteroatoms. The quantitative estimate of drug-likeness (QED) is 0.581. The van der Waals surface area contributed by atoms with Crippen molar-refractivity contribution in [2.24, 2.45) is 0 Å². The van der Waals surface area contributed by atoms with E-state index in [1.165, 1.54) is 28.8 Å². The average molecular weight is 441 g/mol. The van der Waals surface area contributed by atoms with Gasteiger partial charge in [0, 0.05) is 19.1 Å². The molecule has 0 fully saturated rings. The fourth-order valence-electron chi connectivity index (χ4n) is 3.52. The number of aliphatic hydroxyl groups excluding tert-OH is 1. The minimum atomic E-state index is -4.41. The van der Waals surface area contributed by atoms with Crippen LogP contribution >= 0.6 is 12.4 Å². The number of aliphatic hydroxyl groups is 1. The summed E-state index contributed by atoms with van der Waals surface area (Å²) in [4.78, 5) is 0. The van der Waals surface area contributed by atoms with Crippen molar-refractivity contribution in [3.63, 3.8) is 0 Å². The zero-order chi connectivity index (χ0) is 20.9. The Kier molecular flexibility index (Phi) is 8.92. The van der Waals surface area contributed by atoms with E-state index in [4.69, 9.17) is 0 Å². The first-order valence-corrected chi connectivity index (χ1v) is 9.90. The highest BCUT2D eigenvalue weighted by molar-refractivity contribution is 5.85. The average Bonchev–Trinajstić information content (AvgIpc) is 2.73. The van der Waals surface area contributed by atoms with E-state index < -0.39 is 17.8 Å². The van der Waals surface area contributed by atoms with Gasteiger partial charge in [0.15, 0.2) is 0 Å². The molecule has 30 heavy (non-hydrogen) atoms. The van der Waals surface area contributed by atoms with E-state index in [2.05, 4.69) is 41.0 Å². The van der Waals surface area contributed by atoms with Crippen molar-refractivity contribution in [3.8, 4) is 0 Å². The molecule has 1 aliphatic rings. The van der Waals surface area contributed by atoms with Gasteiger partial charge >= 0.3 is 6.18 Å². The molecule has 0 radical (unpaired) electrons. The minimum absolute atomic E-state index is 0. The van der Waals surface area contributed by atoms with E-state index in [1.54, 1.807) is 0 Å². The van der Waals surface area contributed by atoms with Crippen molar-refractivity contribution >= 4 is 18.0 Å². The van der Waals surface area contributed by atoms with E-state index in [-0.39, 0.29) is 30.6 Å². The maximum Gasteiger partial charge on any atom is 0.416 e. The van der Waals surface area contributed by atoms with Crippen LogP contribution in [0, 0.1) is 0 Å². The fourth-order valence-corrected chi connectivity index (χ4v) is 3.52. The number of nitrogens with one attached hydrogen (secondary N) is 2. The van der Waals surface area contributed by atoms with Gasteiger partial charge in [-0.25, -0.2) is 0 Å². The second-order valence-corrected chi connectivity index (χ2v) is 7.53. The molecular weight excluding hydrogens is 413 g/mol. The van der Waals surface area contributed by atoms with Crippen molar-refractivity contribution in [1.29, 1.82) is 0 Å². The van der Waals surface area contributed by atoms with Crippen molar-refractivity contribution in [1.82, 2.24) is 10.6 Å². The molecule has 3 N–H and O–H groups in total. The summed E-state index contributed by atoms with van der Waals surface area (Å²) in [5.74, 6) is 0. The van der Waals surface area contributed by atoms with E-state index in [1.807, 2.05) is 6.92 Å². The molecule has 3 nitrogen and oxygen atoms in total. The normalized spacial score (nSPS) is 16.4. The molecule has 0 saturated heterocycles. The molecule has 1 heterocycles. The minimum Gasteiger partial charge on any atom is -0.387 e. The lowest BCUT2D eigenvalue weighted by Crippen LogP contribution is -2.32. The molecule has 2 unspecified atom stereocenters. The SMILES string of the molecule is CC(Cc1ccc(C2=CCNCC2)cc1)NCC(O)c1cccc(C(F)(F)F)c1.Cl. The molecule has 0 spiro atoms. The van der Waals surface area contributed by atoms with Crippen LogP contribution in [0.2, 0.25) is 0 Å². The largest absolute Gasteiger partial charge is 0.416 e. The Hall–Kier alpha value is -1.86. The van der Waals surface area contributed by atoms with Gasteiger partial charge in [0.2, 0.25) is 0 Å². The highest BCUT2D eigenvalue weighted by Crippen LogP contribution is 2.30. The van der Waals surface area contributed by atoms with Gasteiger partial charge in [-0.1, -0.05) is 42.5 Å². The first-order valence-electron chi connectivity index (χ1n) is 9.90. The van der Waals surface area contributed by atoms with E-state index in [9.17, 15) is 18.3 Å². The maximum absolute atomic E-state index is 12.8. The highest BCUT2D eigenvalue weighted by atomic mass is 35.5. The van der Waals surface area contributed by atoms with Crippen LogP contribution in [-0.2, 0) is 12.6 Å². The van der Waals surface area contributed by atoms with Gasteiger partial charge in [0.05, 0.1) is 11.7 Å². The number of alkyl halides is 3. The maximum atomic E-state index is 12.8. The van der Waals surface area contributed by atoms with E-state index in [0.29, 0.717) is 0 Å². The lowest BCUT2D eigenvalue weighted by atomic mass is 9.97. The third-order valence-electron chi connectivity index (χ3n) is 5.19. The van der Waals surface area contributed by atoms with Crippen molar-refractivity contribution in [3.05, 3.63) is 76.9 Å². The second kappa shape index (κ2) is 11.0. The van der Waals surface area contributed by atoms with Crippen LogP contribution in [0.5, 0.6) is 0 Å². The number of halogens is 4. The number of benzene rings is 2. The fraction of sp³-hybridized carbons (Fsp3) is 0.391. The number of hydrogen-bond acceptors (Lipinski definition) is 3. The van der Waals surface area contributed by atoms with Gasteiger partial charge in [-0.05, 0) is 60.7 Å². The van der Waals surface area contributed by atoms with Crippen molar-refractivity contribution < 1.29 is 18.3 Å². The van der Waals surface area contributed by atoms with Gasteiger partial charge in [-0.3, -0.25) is 0 Å². The van der Waals surface area contributed by atoms with Gasteiger partial charge in [-0.2, -0.15) is 13.2 Å². The molecule has 2 atom stereocenters. The van der Waals surface area contributed by atoms with Gasteiger partial charge in [-0.15, -0.1) is 12.4 Å². The van der Waals surface area contributed by atoms with Crippen molar-refractivity contribution in [2.45, 2.75) is 38.1 Å². The van der Waals surface area contributed by atoms with Crippen LogP contribution in [0.3, 0.4) is 0 Å². The summed E-state index contributed by atoms with van der Waals surface area (Å²) < 4.78 is 38.5. The molecular formula is C23H28ClF3N2O. The predicted molar refractivity (Wildman–Crippen MR) is 117 cm³/mol. The Balaban J connectivity index is 0.00000320. The Bertz CT molecular complexity index is 837. The monoisotopic (exact) mass is 440 g/mol. The van der Waals surface area contributed by atoms with Gasteiger partial charge in [0.25, 0.3) is 0 Å². The van der Waals surface area contributed by atoms with Crippen LogP contribution in [0.25, 0.3) is 5.57 Å². The Morgan fingerprint density at radius 1 is 1.13 bits per heavy atom. The molecule has 2 aromatic rings. The second-order valence-electron chi connectivity index (χ2n) is 7.53. The molecule has 0 aromatic heterocycles. The van der Waals surface area contributed by atoms with Crippen LogP contribution < -0.4 is 10.6 Å². The topological polar surface area (TPSA) is 44.3 Å². The first-order chi connectivity index (χ1) is 13.8. The van der Waals surface area contributed by atoms with Crippen LogP contribution in [0.1, 0.15) is 41.7 Å². The number of hydrogen-bond donors (Lipinski definition) is 3. The summed E-state index contributed by atoms with van der Waals surface area (Å²) in [5.41, 5.74) is 3.31. The van der Waals surface area contributed by atoms with Crippen LogP contribution in [-0.4, -0.2) is 30.8 Å². The van der Waals surface area contributed by atoms with Crippen LogP contribution in [0.4, 0.5) is 13.2 Å². The summed E-state index contributed by atoms with van der Waals surface area (Å²) in [5, 5.41) is 16.8. The predicted octanol–water partition coefficient (Wildman–Crippen LogP) is 4.76. The highest BCUT2D eigenvalue weighted by Gasteiger charge is 2.30. The molecule has 0 saturated carbocycles. The number of rotatable bonds is 7. The van der Waals surface area contributed by atoms with E-state index in [0.717, 1.165) is 38.1 Å². The Labute approximate surface area is 181 Å². The molecule has 1 aliphatic heterocycles. The smallest absolute Gasteiger partial charge is 0.387 e. The summed E-state index contributed by atoms with van der Waals surface area (Å²) in [7, 11) is 0. The first kappa shape index (κ1) is 24.4. The molecule has 0 aliphatic carbocycles. The lowest BCUT2D eigenvalue weighted by molar-refractivity contribution is -0.137. The molecule has 164 valence electrons. The summed E-state index contributed by atoms with van der Waals surface area (Å²) in [6.45, 7) is 4.11. The van der Waals surface area contributed by atoms with Gasteiger partial charge in [0.1, 0.15) is 0 Å². The van der Waals surface area contributed by atoms with Crippen molar-refractivity contribution in [2.75, 3.05) is 19.6 Å².